The molecule has 8 nitrogen and oxygen atoms in total. The number of ether oxygens (including phenoxy) is 2. The molecular formula is C17H25N3O5S. The minimum Gasteiger partial charge on any atom is -0.378 e. The van der Waals surface area contributed by atoms with Gasteiger partial charge < -0.3 is 19.3 Å². The van der Waals surface area contributed by atoms with Crippen molar-refractivity contribution < 1.29 is 22.7 Å². The summed E-state index contributed by atoms with van der Waals surface area (Å²) in [5, 5.41) is 0. The molecule has 0 aromatic heterocycles. The number of amides is 1. The second-order valence-electron chi connectivity index (χ2n) is 6.35. The van der Waals surface area contributed by atoms with Crippen LogP contribution in [0.1, 0.15) is 0 Å². The third-order valence-corrected chi connectivity index (χ3v) is 5.67. The summed E-state index contributed by atoms with van der Waals surface area (Å²) in [6.07, 6.45) is 1.13. The molecule has 26 heavy (non-hydrogen) atoms. The van der Waals surface area contributed by atoms with Gasteiger partial charge in [0.15, 0.2) is 0 Å². The number of benzene rings is 1. The summed E-state index contributed by atoms with van der Waals surface area (Å²) in [6.45, 7) is 4.30. The van der Waals surface area contributed by atoms with Crippen LogP contribution in [0.4, 0.5) is 11.4 Å². The molecule has 0 bridgehead atoms. The number of sulfonamides is 1. The van der Waals surface area contributed by atoms with Crippen LogP contribution in [0.15, 0.2) is 24.3 Å². The molecule has 2 aliphatic heterocycles. The average molecular weight is 383 g/mol. The van der Waals surface area contributed by atoms with E-state index in [2.05, 4.69) is 4.90 Å². The zero-order valence-electron chi connectivity index (χ0n) is 15.0. The lowest BCUT2D eigenvalue weighted by Crippen LogP contribution is -2.47. The van der Waals surface area contributed by atoms with Crippen LogP contribution in [-0.2, 0) is 24.3 Å². The SMILES string of the molecule is CS(=O)(=O)N(CC(=O)N1CCOCC1)c1ccccc1N1CCOCC1. The Kier molecular flexibility index (Phi) is 6.00. The topological polar surface area (TPSA) is 79.4 Å². The molecule has 144 valence electrons. The van der Waals surface area contributed by atoms with E-state index >= 15 is 0 Å². The molecule has 0 radical (unpaired) electrons. The number of hydrogen-bond donors (Lipinski definition) is 0. The maximum absolute atomic E-state index is 12.6. The van der Waals surface area contributed by atoms with Crippen LogP contribution in [0.5, 0.6) is 0 Å². The maximum Gasteiger partial charge on any atom is 0.243 e. The largest absolute Gasteiger partial charge is 0.378 e. The van der Waals surface area contributed by atoms with E-state index in [0.29, 0.717) is 58.3 Å². The van der Waals surface area contributed by atoms with Gasteiger partial charge in [-0.15, -0.1) is 0 Å². The van der Waals surface area contributed by atoms with E-state index in [9.17, 15) is 13.2 Å². The van der Waals surface area contributed by atoms with Gasteiger partial charge in [-0.25, -0.2) is 8.42 Å². The lowest BCUT2D eigenvalue weighted by atomic mass is 10.2. The van der Waals surface area contributed by atoms with Gasteiger partial charge in [0.05, 0.1) is 44.1 Å². The van der Waals surface area contributed by atoms with E-state index in [1.54, 1.807) is 17.0 Å². The fourth-order valence-corrected chi connectivity index (χ4v) is 4.02. The fourth-order valence-electron chi connectivity index (χ4n) is 3.16. The summed E-state index contributed by atoms with van der Waals surface area (Å²) in [5.74, 6) is -0.212. The van der Waals surface area contributed by atoms with E-state index in [-0.39, 0.29) is 12.5 Å². The smallest absolute Gasteiger partial charge is 0.243 e. The Bertz CT molecular complexity index is 728. The van der Waals surface area contributed by atoms with Gasteiger partial charge in [0.2, 0.25) is 15.9 Å². The Labute approximate surface area is 154 Å². The number of rotatable bonds is 5. The maximum atomic E-state index is 12.6. The predicted molar refractivity (Wildman–Crippen MR) is 99.1 cm³/mol. The number of morpholine rings is 2. The minimum absolute atomic E-state index is 0.208. The van der Waals surface area contributed by atoms with Gasteiger partial charge in [-0.05, 0) is 12.1 Å². The number of nitrogens with zero attached hydrogens (tertiary/aromatic N) is 3. The van der Waals surface area contributed by atoms with Crippen molar-refractivity contribution in [3.05, 3.63) is 24.3 Å². The lowest BCUT2D eigenvalue weighted by molar-refractivity contribution is -0.133. The van der Waals surface area contributed by atoms with Crippen molar-refractivity contribution >= 4 is 27.3 Å². The number of para-hydroxylation sites is 2. The number of carbonyl (C=O) groups excluding carboxylic acids is 1. The molecule has 0 spiro atoms. The summed E-state index contributed by atoms with van der Waals surface area (Å²) in [6, 6.07) is 7.30. The summed E-state index contributed by atoms with van der Waals surface area (Å²) in [7, 11) is -3.62. The van der Waals surface area contributed by atoms with Gasteiger partial charge in [-0.1, -0.05) is 12.1 Å². The van der Waals surface area contributed by atoms with Crippen LogP contribution >= 0.6 is 0 Å². The molecule has 0 N–H and O–H groups in total. The van der Waals surface area contributed by atoms with E-state index in [1.165, 1.54) is 4.31 Å². The third-order valence-electron chi connectivity index (χ3n) is 4.55. The quantitative estimate of drug-likeness (QED) is 0.720. The Morgan fingerprint density at radius 2 is 1.62 bits per heavy atom. The Morgan fingerprint density at radius 1 is 1.04 bits per heavy atom. The first-order valence-corrected chi connectivity index (χ1v) is 10.6. The Morgan fingerprint density at radius 3 is 2.23 bits per heavy atom. The zero-order chi connectivity index (χ0) is 18.6. The van der Waals surface area contributed by atoms with Crippen LogP contribution in [0.2, 0.25) is 0 Å². The third kappa shape index (κ3) is 4.46. The van der Waals surface area contributed by atoms with Gasteiger partial charge >= 0.3 is 0 Å². The molecule has 0 saturated carbocycles. The Hall–Kier alpha value is -1.84. The average Bonchev–Trinajstić information content (AvgIpc) is 2.66. The second kappa shape index (κ2) is 8.24. The van der Waals surface area contributed by atoms with E-state index < -0.39 is 10.0 Å². The standard InChI is InChI=1S/C17H25N3O5S/c1-26(22,23)20(14-17(21)19-8-12-25-13-9-19)16-5-3-2-4-15(16)18-6-10-24-11-7-18/h2-5H,6-14H2,1H3. The molecule has 0 unspecified atom stereocenters. The van der Waals surface area contributed by atoms with Crippen LogP contribution in [0.3, 0.4) is 0 Å². The highest BCUT2D eigenvalue weighted by atomic mass is 32.2. The second-order valence-corrected chi connectivity index (χ2v) is 8.26. The summed E-state index contributed by atoms with van der Waals surface area (Å²) in [5.41, 5.74) is 1.33. The monoisotopic (exact) mass is 383 g/mol. The lowest BCUT2D eigenvalue weighted by Gasteiger charge is -2.34. The van der Waals surface area contributed by atoms with Gasteiger partial charge in [0.25, 0.3) is 0 Å². The van der Waals surface area contributed by atoms with Gasteiger partial charge in [0.1, 0.15) is 6.54 Å². The molecule has 0 atom stereocenters. The first kappa shape index (κ1) is 18.9. The van der Waals surface area contributed by atoms with E-state index in [1.807, 2.05) is 12.1 Å². The number of hydrogen-bond acceptors (Lipinski definition) is 6. The molecule has 9 heteroatoms. The molecule has 1 amide bonds. The predicted octanol–water partition coefficient (Wildman–Crippen LogP) is 0.148. The molecule has 2 fully saturated rings. The Balaban J connectivity index is 1.87. The first-order chi connectivity index (χ1) is 12.5. The molecule has 3 rings (SSSR count). The van der Waals surface area contributed by atoms with E-state index in [0.717, 1.165) is 11.9 Å². The van der Waals surface area contributed by atoms with Crippen LogP contribution in [0, 0.1) is 0 Å². The molecule has 0 aliphatic carbocycles. The molecule has 2 saturated heterocycles. The van der Waals surface area contributed by atoms with Crippen LogP contribution < -0.4 is 9.21 Å². The van der Waals surface area contributed by atoms with E-state index in [4.69, 9.17) is 9.47 Å². The molecule has 1 aromatic rings. The number of anilines is 2. The molecule has 2 heterocycles. The van der Waals surface area contributed by atoms with Crippen molar-refractivity contribution in [1.29, 1.82) is 0 Å². The summed E-state index contributed by atoms with van der Waals surface area (Å²) < 4.78 is 36.8. The van der Waals surface area contributed by atoms with Gasteiger partial charge in [-0.2, -0.15) is 0 Å². The van der Waals surface area contributed by atoms with Crippen molar-refractivity contribution in [2.45, 2.75) is 0 Å². The fraction of sp³-hybridized carbons (Fsp3) is 0.588. The summed E-state index contributed by atoms with van der Waals surface area (Å²) in [4.78, 5) is 16.4. The molecule has 1 aromatic carbocycles. The highest BCUT2D eigenvalue weighted by Gasteiger charge is 2.28. The van der Waals surface area contributed by atoms with Crippen molar-refractivity contribution in [2.75, 3.05) is 74.6 Å². The zero-order valence-corrected chi connectivity index (χ0v) is 15.8. The van der Waals surface area contributed by atoms with Crippen molar-refractivity contribution in [2.24, 2.45) is 0 Å². The first-order valence-electron chi connectivity index (χ1n) is 8.72. The molecule has 2 aliphatic rings. The minimum atomic E-state index is -3.62. The summed E-state index contributed by atoms with van der Waals surface area (Å²) >= 11 is 0. The highest BCUT2D eigenvalue weighted by Crippen LogP contribution is 2.31. The van der Waals surface area contributed by atoms with Gasteiger partial charge in [0, 0.05) is 26.2 Å². The molecular weight excluding hydrogens is 358 g/mol. The van der Waals surface area contributed by atoms with Gasteiger partial charge in [-0.3, -0.25) is 9.10 Å². The van der Waals surface area contributed by atoms with Crippen molar-refractivity contribution in [1.82, 2.24) is 4.90 Å². The highest BCUT2D eigenvalue weighted by molar-refractivity contribution is 7.92. The van der Waals surface area contributed by atoms with Crippen molar-refractivity contribution in [3.63, 3.8) is 0 Å². The van der Waals surface area contributed by atoms with Crippen LogP contribution in [0.25, 0.3) is 0 Å². The normalized spacial score (nSPS) is 18.7. The van der Waals surface area contributed by atoms with Crippen LogP contribution in [-0.4, -0.2) is 84.6 Å². The van der Waals surface area contributed by atoms with Crippen molar-refractivity contribution in [3.8, 4) is 0 Å². The number of carbonyl (C=O) groups is 1.